The number of hydrogen-bond donors (Lipinski definition) is 0. The molecule has 0 aliphatic rings. The molecule has 0 aliphatic heterocycles. The second-order valence-electron chi connectivity index (χ2n) is 5.17. The second kappa shape index (κ2) is 4.59. The van der Waals surface area contributed by atoms with Gasteiger partial charge >= 0.3 is 6.26 Å². The zero-order chi connectivity index (χ0) is 11.6. The Morgan fingerprint density at radius 1 is 1.07 bits per heavy atom. The predicted molar refractivity (Wildman–Crippen MR) is 70.1 cm³/mol. The average Bonchev–Trinajstić information content (AvgIpc) is 2.15. The molecule has 3 heteroatoms. The van der Waals surface area contributed by atoms with Crippen LogP contribution < -0.4 is 5.46 Å². The standard InChI is InChI=1S/C12H19BClN/c1-12(2,3)10-6-8-11(9-7-10)13(14)15(4)5/h6-9H,1-5H3. The van der Waals surface area contributed by atoms with Crippen molar-refractivity contribution in [2.24, 2.45) is 0 Å². The maximum atomic E-state index is 6.23. The fourth-order valence-electron chi connectivity index (χ4n) is 1.44. The van der Waals surface area contributed by atoms with Gasteiger partial charge in [0, 0.05) is 0 Å². The maximum absolute atomic E-state index is 6.23. The Labute approximate surface area is 98.4 Å². The van der Waals surface area contributed by atoms with Crippen molar-refractivity contribution in [2.75, 3.05) is 14.1 Å². The van der Waals surface area contributed by atoms with Gasteiger partial charge < -0.3 is 4.81 Å². The minimum atomic E-state index is -0.0426. The van der Waals surface area contributed by atoms with Crippen LogP contribution >= 0.6 is 11.5 Å². The lowest BCUT2D eigenvalue weighted by Crippen LogP contribution is -2.39. The minimum Gasteiger partial charge on any atom is -0.330 e. The normalized spacial score (nSPS) is 11.9. The molecule has 82 valence electrons. The molecular formula is C12H19BClN. The molecule has 15 heavy (non-hydrogen) atoms. The van der Waals surface area contributed by atoms with Crippen LogP contribution in [0, 0.1) is 0 Å². The van der Waals surface area contributed by atoms with Gasteiger partial charge in [-0.15, -0.1) is 0 Å². The van der Waals surface area contributed by atoms with Crippen molar-refractivity contribution in [3.63, 3.8) is 0 Å². The highest BCUT2D eigenvalue weighted by molar-refractivity contribution is 7.12. The summed E-state index contributed by atoms with van der Waals surface area (Å²) in [5.74, 6) is 0. The first kappa shape index (κ1) is 12.6. The first-order chi connectivity index (χ1) is 6.82. The molecule has 0 fully saturated rings. The molecule has 1 rings (SSSR count). The summed E-state index contributed by atoms with van der Waals surface area (Å²) < 4.78 is 0. The summed E-state index contributed by atoms with van der Waals surface area (Å²) in [5.41, 5.74) is 2.70. The lowest BCUT2D eigenvalue weighted by Gasteiger charge is -2.20. The molecule has 0 atom stereocenters. The Morgan fingerprint density at radius 3 is 1.87 bits per heavy atom. The van der Waals surface area contributed by atoms with E-state index >= 15 is 0 Å². The number of hydrogen-bond acceptors (Lipinski definition) is 1. The summed E-state index contributed by atoms with van der Waals surface area (Å²) in [7, 11) is 3.96. The van der Waals surface area contributed by atoms with Gasteiger partial charge in [0.1, 0.15) is 0 Å². The summed E-state index contributed by atoms with van der Waals surface area (Å²) >= 11 is 6.23. The van der Waals surface area contributed by atoms with E-state index in [1.54, 1.807) is 0 Å². The molecule has 0 aliphatic carbocycles. The Kier molecular flexibility index (Phi) is 3.85. The van der Waals surface area contributed by atoms with Crippen molar-refractivity contribution >= 4 is 23.2 Å². The highest BCUT2D eigenvalue weighted by Gasteiger charge is 2.18. The van der Waals surface area contributed by atoms with Gasteiger partial charge in [-0.05, 0) is 30.5 Å². The fourth-order valence-corrected chi connectivity index (χ4v) is 1.59. The van der Waals surface area contributed by atoms with E-state index in [0.717, 1.165) is 5.46 Å². The topological polar surface area (TPSA) is 3.24 Å². The van der Waals surface area contributed by atoms with E-state index in [2.05, 4.69) is 45.0 Å². The van der Waals surface area contributed by atoms with Crippen LogP contribution in [0.3, 0.4) is 0 Å². The summed E-state index contributed by atoms with van der Waals surface area (Å²) in [4.78, 5) is 1.99. The monoisotopic (exact) mass is 223 g/mol. The summed E-state index contributed by atoms with van der Waals surface area (Å²) in [6.07, 6.45) is -0.0426. The van der Waals surface area contributed by atoms with E-state index in [9.17, 15) is 0 Å². The zero-order valence-corrected chi connectivity index (χ0v) is 11.0. The number of rotatable bonds is 2. The van der Waals surface area contributed by atoms with Crippen LogP contribution in [0.1, 0.15) is 26.3 Å². The molecule has 0 N–H and O–H groups in total. The van der Waals surface area contributed by atoms with Crippen molar-refractivity contribution in [2.45, 2.75) is 26.2 Å². The van der Waals surface area contributed by atoms with Crippen LogP contribution in [0.5, 0.6) is 0 Å². The number of nitrogens with zero attached hydrogens (tertiary/aromatic N) is 1. The first-order valence-electron chi connectivity index (χ1n) is 5.23. The van der Waals surface area contributed by atoms with E-state index in [4.69, 9.17) is 11.5 Å². The molecule has 1 nitrogen and oxygen atoms in total. The number of halogens is 1. The molecule has 0 heterocycles. The second-order valence-corrected chi connectivity index (χ2v) is 5.58. The SMILES string of the molecule is CN(C)B(Cl)c1ccc(C(C)(C)C)cc1. The van der Waals surface area contributed by atoms with E-state index < -0.39 is 0 Å². The van der Waals surface area contributed by atoms with Gasteiger partial charge in [0.05, 0.1) is 0 Å². The van der Waals surface area contributed by atoms with Gasteiger partial charge in [0.2, 0.25) is 0 Å². The van der Waals surface area contributed by atoms with Crippen molar-refractivity contribution in [1.82, 2.24) is 4.81 Å². The van der Waals surface area contributed by atoms with E-state index in [1.165, 1.54) is 5.56 Å². The van der Waals surface area contributed by atoms with Crippen molar-refractivity contribution in [3.05, 3.63) is 29.8 Å². The van der Waals surface area contributed by atoms with Crippen LogP contribution in [0.2, 0.25) is 0 Å². The van der Waals surface area contributed by atoms with Crippen LogP contribution in [-0.4, -0.2) is 25.2 Å². The highest BCUT2D eigenvalue weighted by Crippen LogP contribution is 2.20. The molecule has 0 spiro atoms. The van der Waals surface area contributed by atoms with Gasteiger partial charge in [-0.3, -0.25) is 0 Å². The third-order valence-corrected chi connectivity index (χ3v) is 3.15. The molecule has 0 unspecified atom stereocenters. The van der Waals surface area contributed by atoms with Gasteiger partial charge in [-0.2, -0.15) is 11.5 Å². The Morgan fingerprint density at radius 2 is 1.53 bits per heavy atom. The Hall–Kier alpha value is -0.465. The van der Waals surface area contributed by atoms with E-state index in [0.29, 0.717) is 0 Å². The number of benzene rings is 1. The van der Waals surface area contributed by atoms with Gasteiger partial charge in [-0.25, -0.2) is 0 Å². The first-order valence-corrected chi connectivity index (χ1v) is 5.67. The smallest absolute Gasteiger partial charge is 0.330 e. The third-order valence-electron chi connectivity index (χ3n) is 2.51. The van der Waals surface area contributed by atoms with Gasteiger partial charge in [0.25, 0.3) is 0 Å². The molecule has 0 aromatic heterocycles. The summed E-state index contributed by atoms with van der Waals surface area (Å²) in [6.45, 7) is 6.64. The molecule has 0 radical (unpaired) electrons. The van der Waals surface area contributed by atoms with Crippen LogP contribution in [0.15, 0.2) is 24.3 Å². The molecule has 0 saturated heterocycles. The molecule has 1 aromatic rings. The molecule has 0 amide bonds. The van der Waals surface area contributed by atoms with Crippen LogP contribution in [-0.2, 0) is 5.41 Å². The molecule has 0 bridgehead atoms. The minimum absolute atomic E-state index is 0.0426. The largest absolute Gasteiger partial charge is 0.364 e. The lowest BCUT2D eigenvalue weighted by atomic mass is 9.77. The maximum Gasteiger partial charge on any atom is 0.364 e. The molecule has 1 aromatic carbocycles. The molecular weight excluding hydrogens is 204 g/mol. The fraction of sp³-hybridized carbons (Fsp3) is 0.500. The molecule has 0 saturated carbocycles. The predicted octanol–water partition coefficient (Wildman–Crippen LogP) is 2.48. The quantitative estimate of drug-likeness (QED) is 0.697. The van der Waals surface area contributed by atoms with E-state index in [1.807, 2.05) is 18.9 Å². The van der Waals surface area contributed by atoms with Crippen molar-refractivity contribution < 1.29 is 0 Å². The van der Waals surface area contributed by atoms with Gasteiger partial charge in [-0.1, -0.05) is 45.0 Å². The Balaban J connectivity index is 2.91. The Bertz CT molecular complexity index is 313. The third kappa shape index (κ3) is 3.25. The van der Waals surface area contributed by atoms with Gasteiger partial charge in [0.15, 0.2) is 0 Å². The van der Waals surface area contributed by atoms with Crippen LogP contribution in [0.25, 0.3) is 0 Å². The summed E-state index contributed by atoms with van der Waals surface area (Å²) in [5, 5.41) is 0. The van der Waals surface area contributed by atoms with Crippen molar-refractivity contribution in [1.29, 1.82) is 0 Å². The van der Waals surface area contributed by atoms with E-state index in [-0.39, 0.29) is 11.7 Å². The highest BCUT2D eigenvalue weighted by atomic mass is 35.5. The zero-order valence-electron chi connectivity index (χ0n) is 10.2. The average molecular weight is 224 g/mol. The lowest BCUT2D eigenvalue weighted by molar-refractivity contribution is 0.590. The van der Waals surface area contributed by atoms with Crippen LogP contribution in [0.4, 0.5) is 0 Å². The summed E-state index contributed by atoms with van der Waals surface area (Å²) in [6, 6.07) is 8.54. The van der Waals surface area contributed by atoms with Crippen molar-refractivity contribution in [3.8, 4) is 0 Å².